The molecule has 2 N–H and O–H groups in total. The second kappa shape index (κ2) is 10.6. The quantitative estimate of drug-likeness (QED) is 0.425. The molecule has 26 heavy (non-hydrogen) atoms. The third kappa shape index (κ3) is 6.04. The fraction of sp³-hybridized carbons (Fsp3) is 0.300. The average molecular weight is 482 g/mol. The number of carbonyl (C=O) groups is 2. The molecular formula is C20H22Br2N2O2. The highest BCUT2D eigenvalue weighted by molar-refractivity contribution is 9.10. The van der Waals surface area contributed by atoms with Gasteiger partial charge in [0.05, 0.1) is 0 Å². The number of unbranched alkanes of at least 4 members (excludes halogenated alkanes) is 3. The Hall–Kier alpha value is -1.50. The summed E-state index contributed by atoms with van der Waals surface area (Å²) < 4.78 is 1.61. The number of amides is 2. The Labute approximate surface area is 171 Å². The van der Waals surface area contributed by atoms with Gasteiger partial charge in [-0.05, 0) is 55.8 Å². The predicted octanol–water partition coefficient (Wildman–Crippen LogP) is 5.01. The Morgan fingerprint density at radius 1 is 0.808 bits per heavy atom. The van der Waals surface area contributed by atoms with Crippen LogP contribution < -0.4 is 5.73 Å². The van der Waals surface area contributed by atoms with Crippen LogP contribution in [0.2, 0.25) is 0 Å². The van der Waals surface area contributed by atoms with Crippen LogP contribution in [0, 0.1) is 0 Å². The first kappa shape index (κ1) is 20.8. The van der Waals surface area contributed by atoms with Crippen molar-refractivity contribution >= 4 is 43.7 Å². The van der Waals surface area contributed by atoms with Gasteiger partial charge in [-0.1, -0.05) is 56.8 Å². The van der Waals surface area contributed by atoms with Crippen molar-refractivity contribution in [2.75, 3.05) is 13.1 Å². The van der Waals surface area contributed by atoms with Crippen molar-refractivity contribution in [2.24, 2.45) is 5.73 Å². The fourth-order valence-electron chi connectivity index (χ4n) is 2.62. The zero-order valence-corrected chi connectivity index (χ0v) is 17.6. The summed E-state index contributed by atoms with van der Waals surface area (Å²) in [7, 11) is 0. The number of hydrogen-bond donors (Lipinski definition) is 1. The van der Waals surface area contributed by atoms with E-state index in [2.05, 4.69) is 31.9 Å². The third-order valence-electron chi connectivity index (χ3n) is 3.97. The number of benzene rings is 2. The molecule has 0 radical (unpaired) electrons. The molecule has 0 aliphatic carbocycles. The largest absolute Gasteiger partial charge is 0.330 e. The van der Waals surface area contributed by atoms with Crippen molar-refractivity contribution in [3.63, 3.8) is 0 Å². The Morgan fingerprint density at radius 3 is 1.77 bits per heavy atom. The van der Waals surface area contributed by atoms with Crippen molar-refractivity contribution < 1.29 is 9.59 Å². The summed E-state index contributed by atoms with van der Waals surface area (Å²) in [4.78, 5) is 27.3. The number of hydrogen-bond acceptors (Lipinski definition) is 3. The predicted molar refractivity (Wildman–Crippen MR) is 111 cm³/mol. The van der Waals surface area contributed by atoms with Gasteiger partial charge in [0.25, 0.3) is 11.8 Å². The summed E-state index contributed by atoms with van der Waals surface area (Å²) in [5, 5.41) is 0. The van der Waals surface area contributed by atoms with Crippen LogP contribution in [0.5, 0.6) is 0 Å². The van der Waals surface area contributed by atoms with Crippen LogP contribution in [0.4, 0.5) is 0 Å². The molecule has 138 valence electrons. The van der Waals surface area contributed by atoms with Crippen LogP contribution in [0.25, 0.3) is 0 Å². The summed E-state index contributed by atoms with van der Waals surface area (Å²) in [5.41, 5.74) is 6.50. The molecule has 0 saturated carbocycles. The number of nitrogens with zero attached hydrogens (tertiary/aromatic N) is 1. The van der Waals surface area contributed by atoms with Gasteiger partial charge < -0.3 is 5.73 Å². The molecule has 0 unspecified atom stereocenters. The molecular weight excluding hydrogens is 460 g/mol. The van der Waals surface area contributed by atoms with Crippen LogP contribution in [0.1, 0.15) is 46.4 Å². The van der Waals surface area contributed by atoms with E-state index in [9.17, 15) is 9.59 Å². The molecule has 2 aromatic carbocycles. The lowest BCUT2D eigenvalue weighted by molar-refractivity contribution is 0.0613. The van der Waals surface area contributed by atoms with Crippen LogP contribution >= 0.6 is 31.9 Å². The minimum atomic E-state index is -0.282. The summed E-state index contributed by atoms with van der Waals surface area (Å²) >= 11 is 6.76. The molecule has 6 heteroatoms. The van der Waals surface area contributed by atoms with Gasteiger partial charge >= 0.3 is 0 Å². The smallest absolute Gasteiger partial charge is 0.260 e. The minimum absolute atomic E-state index is 0.282. The normalized spacial score (nSPS) is 10.6. The van der Waals surface area contributed by atoms with E-state index in [0.29, 0.717) is 24.2 Å². The SMILES string of the molecule is NCCCCCCN(C(=O)c1cccc(Br)c1)C(=O)c1cccc(Br)c1. The standard InChI is InChI=1S/C20H22Br2N2O2/c21-17-9-5-7-15(13-17)19(25)24(12-4-2-1-3-11-23)20(26)16-8-6-10-18(22)14-16/h5-10,13-14H,1-4,11-12,23H2. The van der Waals surface area contributed by atoms with Gasteiger partial charge in [-0.3, -0.25) is 14.5 Å². The van der Waals surface area contributed by atoms with Crippen LogP contribution in [0.15, 0.2) is 57.5 Å². The lowest BCUT2D eigenvalue weighted by Gasteiger charge is -2.21. The van der Waals surface area contributed by atoms with Crippen molar-refractivity contribution in [2.45, 2.75) is 25.7 Å². The third-order valence-corrected chi connectivity index (χ3v) is 4.96. The topological polar surface area (TPSA) is 63.4 Å². The van der Waals surface area contributed by atoms with Gasteiger partial charge in [0, 0.05) is 26.6 Å². The van der Waals surface area contributed by atoms with E-state index in [1.54, 1.807) is 36.4 Å². The number of halogens is 2. The second-order valence-corrected chi connectivity index (χ2v) is 7.82. The number of nitrogens with two attached hydrogens (primary N) is 1. The molecule has 0 heterocycles. The van der Waals surface area contributed by atoms with Crippen molar-refractivity contribution in [3.05, 3.63) is 68.6 Å². The molecule has 0 saturated heterocycles. The maximum absolute atomic E-state index is 13.0. The van der Waals surface area contributed by atoms with Gasteiger partial charge in [0.15, 0.2) is 0 Å². The first-order valence-electron chi connectivity index (χ1n) is 8.60. The Balaban J connectivity index is 2.20. The van der Waals surface area contributed by atoms with Gasteiger partial charge in [0.2, 0.25) is 0 Å². The molecule has 0 fully saturated rings. The molecule has 0 spiro atoms. The van der Waals surface area contributed by atoms with Gasteiger partial charge in [-0.15, -0.1) is 0 Å². The fourth-order valence-corrected chi connectivity index (χ4v) is 3.42. The summed E-state index contributed by atoms with van der Waals surface area (Å²) in [5.74, 6) is -0.565. The highest BCUT2D eigenvalue weighted by atomic mass is 79.9. The summed E-state index contributed by atoms with van der Waals surface area (Å²) in [6.07, 6.45) is 3.66. The van der Waals surface area contributed by atoms with E-state index >= 15 is 0 Å². The van der Waals surface area contributed by atoms with E-state index in [0.717, 1.165) is 34.6 Å². The van der Waals surface area contributed by atoms with Gasteiger partial charge in [-0.25, -0.2) is 0 Å². The maximum atomic E-state index is 13.0. The lowest BCUT2D eigenvalue weighted by Crippen LogP contribution is -2.37. The molecule has 0 aliphatic heterocycles. The minimum Gasteiger partial charge on any atom is -0.330 e. The van der Waals surface area contributed by atoms with E-state index < -0.39 is 0 Å². The zero-order chi connectivity index (χ0) is 18.9. The monoisotopic (exact) mass is 480 g/mol. The summed E-state index contributed by atoms with van der Waals surface area (Å²) in [6, 6.07) is 14.2. The maximum Gasteiger partial charge on any atom is 0.260 e. The van der Waals surface area contributed by atoms with E-state index in [1.807, 2.05) is 12.1 Å². The molecule has 2 aromatic rings. The number of carbonyl (C=O) groups excluding carboxylic acids is 2. The first-order valence-corrected chi connectivity index (χ1v) is 10.2. The Kier molecular flexibility index (Phi) is 8.48. The lowest BCUT2D eigenvalue weighted by atomic mass is 10.1. The van der Waals surface area contributed by atoms with Gasteiger partial charge in [0.1, 0.15) is 0 Å². The number of rotatable bonds is 8. The van der Waals surface area contributed by atoms with Gasteiger partial charge in [-0.2, -0.15) is 0 Å². The molecule has 0 atom stereocenters. The highest BCUT2D eigenvalue weighted by Crippen LogP contribution is 2.18. The summed E-state index contributed by atoms with van der Waals surface area (Å²) in [6.45, 7) is 1.05. The highest BCUT2D eigenvalue weighted by Gasteiger charge is 2.24. The van der Waals surface area contributed by atoms with Crippen molar-refractivity contribution in [1.82, 2.24) is 4.90 Å². The van der Waals surface area contributed by atoms with Crippen LogP contribution in [0.3, 0.4) is 0 Å². The molecule has 4 nitrogen and oxygen atoms in total. The molecule has 0 aliphatic rings. The Bertz CT molecular complexity index is 707. The van der Waals surface area contributed by atoms with E-state index in [1.165, 1.54) is 4.90 Å². The molecule has 0 bridgehead atoms. The van der Waals surface area contributed by atoms with E-state index in [4.69, 9.17) is 5.73 Å². The van der Waals surface area contributed by atoms with Crippen LogP contribution in [-0.2, 0) is 0 Å². The average Bonchev–Trinajstić information content (AvgIpc) is 2.64. The molecule has 2 amide bonds. The van der Waals surface area contributed by atoms with Crippen molar-refractivity contribution in [1.29, 1.82) is 0 Å². The molecule has 2 rings (SSSR count). The van der Waals surface area contributed by atoms with Crippen molar-refractivity contribution in [3.8, 4) is 0 Å². The van der Waals surface area contributed by atoms with E-state index in [-0.39, 0.29) is 11.8 Å². The molecule has 0 aromatic heterocycles. The number of imide groups is 1. The Morgan fingerprint density at radius 2 is 1.31 bits per heavy atom. The van der Waals surface area contributed by atoms with Crippen LogP contribution in [-0.4, -0.2) is 29.8 Å². The second-order valence-electron chi connectivity index (χ2n) is 5.99. The first-order chi connectivity index (χ1) is 12.5. The zero-order valence-electron chi connectivity index (χ0n) is 14.5.